The van der Waals surface area contributed by atoms with Gasteiger partial charge in [0.2, 0.25) is 5.24 Å². The monoisotopic (exact) mass is 277 g/mol. The maximum absolute atomic E-state index is 11.8. The first-order chi connectivity index (χ1) is 8.06. The van der Waals surface area contributed by atoms with Gasteiger partial charge in [0, 0.05) is 19.5 Å². The first kappa shape index (κ1) is 14.0. The maximum Gasteiger partial charge on any atom is 0.271 e. The topological polar surface area (TPSA) is 64.0 Å². The van der Waals surface area contributed by atoms with Gasteiger partial charge in [0.15, 0.2) is 0 Å². The van der Waals surface area contributed by atoms with E-state index in [9.17, 15) is 9.59 Å². The van der Waals surface area contributed by atoms with Crippen molar-refractivity contribution >= 4 is 34.4 Å². The molecule has 0 unspecified atom stereocenters. The van der Waals surface area contributed by atoms with E-state index in [0.717, 1.165) is 0 Å². The summed E-state index contributed by atoms with van der Waals surface area (Å²) in [6.07, 6.45) is 2.18. The van der Waals surface area contributed by atoms with E-state index in [1.807, 2.05) is 6.92 Å². The SMILES string of the molecule is CCn1ncc(Cl)c1C(=O)NCCCC(=O)Cl. The zero-order chi connectivity index (χ0) is 12.8. The van der Waals surface area contributed by atoms with Gasteiger partial charge in [-0.05, 0) is 24.9 Å². The minimum atomic E-state index is -0.407. The number of rotatable bonds is 6. The van der Waals surface area contributed by atoms with Crippen molar-refractivity contribution in [1.82, 2.24) is 15.1 Å². The number of nitrogens with zero attached hydrogens (tertiary/aromatic N) is 2. The predicted octanol–water partition coefficient (Wildman–Crippen LogP) is 1.83. The molecule has 0 saturated carbocycles. The first-order valence-corrected chi connectivity index (χ1v) is 5.99. The lowest BCUT2D eigenvalue weighted by molar-refractivity contribution is -0.111. The minimum Gasteiger partial charge on any atom is -0.351 e. The molecule has 0 atom stereocenters. The van der Waals surface area contributed by atoms with Crippen LogP contribution in [0.5, 0.6) is 0 Å². The molecule has 0 aliphatic carbocycles. The fraction of sp³-hybridized carbons (Fsp3) is 0.500. The smallest absolute Gasteiger partial charge is 0.271 e. The number of nitrogens with one attached hydrogen (secondary N) is 1. The third-order valence-corrected chi connectivity index (χ3v) is 2.61. The van der Waals surface area contributed by atoms with Crippen LogP contribution in [0.1, 0.15) is 30.3 Å². The molecule has 1 rings (SSSR count). The van der Waals surface area contributed by atoms with Gasteiger partial charge in [0.25, 0.3) is 5.91 Å². The number of carbonyl (C=O) groups excluding carboxylic acids is 2. The molecular weight excluding hydrogens is 265 g/mol. The fourth-order valence-electron chi connectivity index (χ4n) is 1.34. The molecule has 94 valence electrons. The normalized spacial score (nSPS) is 10.3. The quantitative estimate of drug-likeness (QED) is 0.637. The van der Waals surface area contributed by atoms with Crippen LogP contribution in [0.2, 0.25) is 5.02 Å². The van der Waals surface area contributed by atoms with Gasteiger partial charge < -0.3 is 5.32 Å². The van der Waals surface area contributed by atoms with Crippen LogP contribution in [0.4, 0.5) is 0 Å². The van der Waals surface area contributed by atoms with Crippen molar-refractivity contribution in [3.05, 3.63) is 16.9 Å². The van der Waals surface area contributed by atoms with Crippen molar-refractivity contribution in [3.63, 3.8) is 0 Å². The summed E-state index contributed by atoms with van der Waals surface area (Å²) in [6, 6.07) is 0. The molecule has 0 radical (unpaired) electrons. The lowest BCUT2D eigenvalue weighted by Gasteiger charge is -2.06. The van der Waals surface area contributed by atoms with Crippen molar-refractivity contribution < 1.29 is 9.59 Å². The summed E-state index contributed by atoms with van der Waals surface area (Å²) in [6.45, 7) is 2.81. The molecule has 0 saturated heterocycles. The largest absolute Gasteiger partial charge is 0.351 e. The average molecular weight is 278 g/mol. The molecule has 0 bridgehead atoms. The highest BCUT2D eigenvalue weighted by atomic mass is 35.5. The minimum absolute atomic E-state index is 0.239. The molecule has 0 fully saturated rings. The molecule has 1 aromatic heterocycles. The zero-order valence-corrected chi connectivity index (χ0v) is 10.9. The second-order valence-electron chi connectivity index (χ2n) is 3.37. The van der Waals surface area contributed by atoms with Crippen LogP contribution in [0.25, 0.3) is 0 Å². The van der Waals surface area contributed by atoms with Crippen LogP contribution < -0.4 is 5.32 Å². The summed E-state index contributed by atoms with van der Waals surface area (Å²) in [5.41, 5.74) is 0.339. The van der Waals surface area contributed by atoms with Crippen molar-refractivity contribution in [2.45, 2.75) is 26.3 Å². The molecule has 7 heteroatoms. The Kier molecular flexibility index (Phi) is 5.44. The molecule has 1 N–H and O–H groups in total. The van der Waals surface area contributed by atoms with Crippen LogP contribution in [0, 0.1) is 0 Å². The Labute approximate surface area is 109 Å². The van der Waals surface area contributed by atoms with Crippen molar-refractivity contribution in [1.29, 1.82) is 0 Å². The van der Waals surface area contributed by atoms with E-state index in [2.05, 4.69) is 10.4 Å². The van der Waals surface area contributed by atoms with Crippen LogP contribution in [-0.2, 0) is 11.3 Å². The zero-order valence-electron chi connectivity index (χ0n) is 9.37. The van der Waals surface area contributed by atoms with Gasteiger partial charge in [-0.15, -0.1) is 0 Å². The van der Waals surface area contributed by atoms with Crippen LogP contribution >= 0.6 is 23.2 Å². The summed E-state index contributed by atoms with van der Waals surface area (Å²) in [5, 5.41) is 6.53. The molecular formula is C10H13Cl2N3O2. The summed E-state index contributed by atoms with van der Waals surface area (Å²) < 4.78 is 1.52. The summed E-state index contributed by atoms with van der Waals surface area (Å²) in [5.74, 6) is -0.295. The third-order valence-electron chi connectivity index (χ3n) is 2.15. The van der Waals surface area contributed by atoms with E-state index in [1.165, 1.54) is 10.9 Å². The molecule has 17 heavy (non-hydrogen) atoms. The van der Waals surface area contributed by atoms with Gasteiger partial charge in [0.1, 0.15) is 5.69 Å². The Morgan fingerprint density at radius 1 is 1.53 bits per heavy atom. The average Bonchev–Trinajstić information content (AvgIpc) is 2.65. The van der Waals surface area contributed by atoms with Crippen LogP contribution in [0.15, 0.2) is 6.20 Å². The predicted molar refractivity (Wildman–Crippen MR) is 65.3 cm³/mol. The highest BCUT2D eigenvalue weighted by Crippen LogP contribution is 2.14. The Morgan fingerprint density at radius 2 is 2.24 bits per heavy atom. The summed E-state index contributed by atoms with van der Waals surface area (Å²) in [4.78, 5) is 22.3. The number of carbonyl (C=O) groups is 2. The number of hydrogen-bond acceptors (Lipinski definition) is 3. The Bertz CT molecular complexity index is 418. The molecule has 1 aromatic rings. The Morgan fingerprint density at radius 3 is 2.82 bits per heavy atom. The number of amides is 1. The lowest BCUT2D eigenvalue weighted by atomic mass is 10.3. The highest BCUT2D eigenvalue weighted by Gasteiger charge is 2.15. The van der Waals surface area contributed by atoms with Crippen molar-refractivity contribution in [3.8, 4) is 0 Å². The number of aromatic nitrogens is 2. The summed E-state index contributed by atoms with van der Waals surface area (Å²) in [7, 11) is 0. The van der Waals surface area contributed by atoms with E-state index in [0.29, 0.717) is 30.2 Å². The molecule has 0 aliphatic rings. The van der Waals surface area contributed by atoms with Gasteiger partial charge in [-0.2, -0.15) is 5.10 Å². The molecule has 0 aromatic carbocycles. The Balaban J connectivity index is 2.52. The Hall–Kier alpha value is -1.07. The molecule has 1 heterocycles. The van der Waals surface area contributed by atoms with E-state index >= 15 is 0 Å². The van der Waals surface area contributed by atoms with Crippen LogP contribution in [-0.4, -0.2) is 27.5 Å². The molecule has 0 spiro atoms. The molecule has 0 aliphatic heterocycles. The van der Waals surface area contributed by atoms with Crippen molar-refractivity contribution in [2.75, 3.05) is 6.54 Å². The molecule has 5 nitrogen and oxygen atoms in total. The molecule has 1 amide bonds. The standard InChI is InChI=1S/C10H13Cl2N3O2/c1-2-15-9(7(11)6-14-15)10(17)13-5-3-4-8(12)16/h6H,2-5H2,1H3,(H,13,17). The van der Waals surface area contributed by atoms with Gasteiger partial charge in [-0.25, -0.2) is 0 Å². The number of hydrogen-bond donors (Lipinski definition) is 1. The van der Waals surface area contributed by atoms with E-state index in [-0.39, 0.29) is 12.3 Å². The third kappa shape index (κ3) is 4.02. The van der Waals surface area contributed by atoms with Gasteiger partial charge in [-0.3, -0.25) is 14.3 Å². The summed E-state index contributed by atoms with van der Waals surface area (Å²) >= 11 is 11.0. The van der Waals surface area contributed by atoms with Gasteiger partial charge in [-0.1, -0.05) is 11.6 Å². The first-order valence-electron chi connectivity index (χ1n) is 5.24. The van der Waals surface area contributed by atoms with E-state index in [1.54, 1.807) is 0 Å². The second kappa shape index (κ2) is 6.61. The second-order valence-corrected chi connectivity index (χ2v) is 4.20. The number of aryl methyl sites for hydroxylation is 1. The lowest BCUT2D eigenvalue weighted by Crippen LogP contribution is -2.27. The van der Waals surface area contributed by atoms with Crippen molar-refractivity contribution in [2.24, 2.45) is 0 Å². The van der Waals surface area contributed by atoms with Gasteiger partial charge >= 0.3 is 0 Å². The fourth-order valence-corrected chi connectivity index (χ4v) is 1.70. The van der Waals surface area contributed by atoms with Crippen LogP contribution in [0.3, 0.4) is 0 Å². The van der Waals surface area contributed by atoms with E-state index < -0.39 is 5.24 Å². The number of halogens is 2. The van der Waals surface area contributed by atoms with E-state index in [4.69, 9.17) is 23.2 Å². The van der Waals surface area contributed by atoms with Gasteiger partial charge in [0.05, 0.1) is 11.2 Å². The highest BCUT2D eigenvalue weighted by molar-refractivity contribution is 6.63. The maximum atomic E-state index is 11.8.